The predicted octanol–water partition coefficient (Wildman–Crippen LogP) is 2.75. The molecule has 0 aliphatic heterocycles. The normalized spacial score (nSPS) is 14.2. The number of ether oxygens (including phenoxy) is 2. The van der Waals surface area contributed by atoms with E-state index >= 15 is 0 Å². The number of hydrogen-bond acceptors (Lipinski definition) is 5. The molecule has 3 rings (SSSR count). The highest BCUT2D eigenvalue weighted by atomic mass is 32.1. The fourth-order valence-electron chi connectivity index (χ4n) is 1.69. The van der Waals surface area contributed by atoms with E-state index < -0.39 is 0 Å². The van der Waals surface area contributed by atoms with Crippen LogP contribution in [0.2, 0.25) is 0 Å². The molecule has 19 heavy (non-hydrogen) atoms. The minimum absolute atomic E-state index is 0.249. The van der Waals surface area contributed by atoms with Crippen LogP contribution in [0.1, 0.15) is 12.8 Å². The first-order chi connectivity index (χ1) is 9.24. The maximum absolute atomic E-state index is 5.76. The smallest absolute Gasteiger partial charge is 0.297 e. The number of H-pyrrole nitrogens is 1. The van der Waals surface area contributed by atoms with Crippen molar-refractivity contribution in [2.45, 2.75) is 18.9 Å². The zero-order chi connectivity index (χ0) is 13.2. The van der Waals surface area contributed by atoms with Gasteiger partial charge in [-0.2, -0.15) is 4.98 Å². The van der Waals surface area contributed by atoms with Crippen molar-refractivity contribution >= 4 is 12.2 Å². The lowest BCUT2D eigenvalue weighted by Crippen LogP contribution is -1.99. The highest BCUT2D eigenvalue weighted by Crippen LogP contribution is 2.29. The number of methoxy groups -OCH3 is 1. The molecule has 6 heteroatoms. The first kappa shape index (κ1) is 12.1. The van der Waals surface area contributed by atoms with Crippen LogP contribution in [-0.2, 0) is 0 Å². The monoisotopic (exact) mass is 275 g/mol. The first-order valence-corrected chi connectivity index (χ1v) is 6.45. The molecule has 0 spiro atoms. The SMILES string of the molecule is COc1nc(=S)nc(-c2cccc(OC3CC3)c2)[nH]1. The van der Waals surface area contributed by atoms with Crippen LogP contribution in [0.3, 0.4) is 0 Å². The van der Waals surface area contributed by atoms with Crippen molar-refractivity contribution in [2.75, 3.05) is 7.11 Å². The molecule has 1 heterocycles. The average molecular weight is 275 g/mol. The maximum Gasteiger partial charge on any atom is 0.297 e. The van der Waals surface area contributed by atoms with Gasteiger partial charge in [-0.3, -0.25) is 4.98 Å². The van der Waals surface area contributed by atoms with Crippen molar-refractivity contribution in [3.8, 4) is 23.1 Å². The van der Waals surface area contributed by atoms with E-state index in [0.717, 1.165) is 24.2 Å². The lowest BCUT2D eigenvalue weighted by atomic mass is 10.2. The summed E-state index contributed by atoms with van der Waals surface area (Å²) in [5.41, 5.74) is 0.893. The molecule has 1 saturated carbocycles. The Labute approximate surface area is 115 Å². The maximum atomic E-state index is 5.76. The molecule has 0 amide bonds. The molecule has 98 valence electrons. The van der Waals surface area contributed by atoms with Gasteiger partial charge in [-0.25, -0.2) is 4.98 Å². The number of nitrogens with one attached hydrogen (secondary N) is 1. The van der Waals surface area contributed by atoms with Gasteiger partial charge >= 0.3 is 0 Å². The van der Waals surface area contributed by atoms with E-state index in [1.807, 2.05) is 24.3 Å². The Morgan fingerprint density at radius 2 is 2.16 bits per heavy atom. The van der Waals surface area contributed by atoms with Gasteiger partial charge in [-0.05, 0) is 37.2 Å². The number of aromatic nitrogens is 3. The van der Waals surface area contributed by atoms with Gasteiger partial charge in [0, 0.05) is 5.56 Å². The van der Waals surface area contributed by atoms with Gasteiger partial charge in [-0.15, -0.1) is 0 Å². The lowest BCUT2D eigenvalue weighted by molar-refractivity contribution is 0.303. The van der Waals surface area contributed by atoms with Crippen LogP contribution >= 0.6 is 12.2 Å². The third-order valence-electron chi connectivity index (χ3n) is 2.76. The van der Waals surface area contributed by atoms with Gasteiger partial charge < -0.3 is 9.47 Å². The third-order valence-corrected chi connectivity index (χ3v) is 2.94. The first-order valence-electron chi connectivity index (χ1n) is 6.04. The third kappa shape index (κ3) is 2.90. The lowest BCUT2D eigenvalue weighted by Gasteiger charge is -2.07. The Morgan fingerprint density at radius 3 is 2.89 bits per heavy atom. The molecule has 1 N–H and O–H groups in total. The molecular formula is C13H13N3O2S. The second-order valence-corrected chi connectivity index (χ2v) is 4.70. The zero-order valence-corrected chi connectivity index (χ0v) is 11.2. The fraction of sp³-hybridized carbons (Fsp3) is 0.308. The van der Waals surface area contributed by atoms with Crippen molar-refractivity contribution in [3.63, 3.8) is 0 Å². The van der Waals surface area contributed by atoms with Crippen LogP contribution in [0.5, 0.6) is 11.8 Å². The molecule has 0 radical (unpaired) electrons. The van der Waals surface area contributed by atoms with Crippen molar-refractivity contribution < 1.29 is 9.47 Å². The molecule has 2 aromatic rings. The van der Waals surface area contributed by atoms with Gasteiger partial charge in [0.05, 0.1) is 13.2 Å². The Bertz CT molecular complexity index is 652. The summed E-state index contributed by atoms with van der Waals surface area (Å²) >= 11 is 5.01. The summed E-state index contributed by atoms with van der Waals surface area (Å²) in [7, 11) is 1.53. The highest BCUT2D eigenvalue weighted by Gasteiger charge is 2.23. The zero-order valence-electron chi connectivity index (χ0n) is 10.4. The van der Waals surface area contributed by atoms with E-state index in [2.05, 4.69) is 15.0 Å². The average Bonchev–Trinajstić information content (AvgIpc) is 3.22. The van der Waals surface area contributed by atoms with E-state index in [9.17, 15) is 0 Å². The van der Waals surface area contributed by atoms with Gasteiger partial charge in [0.25, 0.3) is 6.01 Å². The number of aromatic amines is 1. The Kier molecular flexibility index (Phi) is 3.16. The standard InChI is InChI=1S/C13H13N3O2S/c1-17-12-14-11(15-13(19)16-12)8-3-2-4-10(7-8)18-9-5-6-9/h2-4,7,9H,5-6H2,1H3,(H,14,15,16,19). The molecule has 0 bridgehead atoms. The second kappa shape index (κ2) is 4.97. The molecule has 0 atom stereocenters. The van der Waals surface area contributed by atoms with Crippen LogP contribution in [0.25, 0.3) is 11.4 Å². The molecule has 1 aromatic carbocycles. The topological polar surface area (TPSA) is 60.0 Å². The quantitative estimate of drug-likeness (QED) is 0.869. The molecule has 5 nitrogen and oxygen atoms in total. The van der Waals surface area contributed by atoms with Crippen molar-refractivity contribution in [1.29, 1.82) is 0 Å². The summed E-state index contributed by atoms with van der Waals surface area (Å²) in [5, 5.41) is 0. The fourth-order valence-corrected chi connectivity index (χ4v) is 1.87. The molecular weight excluding hydrogens is 262 g/mol. The van der Waals surface area contributed by atoms with Crippen LogP contribution in [0.4, 0.5) is 0 Å². The predicted molar refractivity (Wildman–Crippen MR) is 72.9 cm³/mol. The van der Waals surface area contributed by atoms with Crippen molar-refractivity contribution in [2.24, 2.45) is 0 Å². The summed E-state index contributed by atoms with van der Waals surface area (Å²) in [6, 6.07) is 8.09. The van der Waals surface area contributed by atoms with Crippen LogP contribution < -0.4 is 9.47 Å². The number of nitrogens with zero attached hydrogens (tertiary/aromatic N) is 2. The Balaban J connectivity index is 1.96. The molecule has 1 aliphatic rings. The van der Waals surface area contributed by atoms with Crippen molar-refractivity contribution in [3.05, 3.63) is 29.0 Å². The molecule has 0 unspecified atom stereocenters. The highest BCUT2D eigenvalue weighted by molar-refractivity contribution is 7.71. The van der Waals surface area contributed by atoms with E-state index in [0.29, 0.717) is 17.9 Å². The number of benzene rings is 1. The van der Waals surface area contributed by atoms with Crippen LogP contribution in [0, 0.1) is 4.77 Å². The molecule has 0 saturated heterocycles. The molecule has 1 fully saturated rings. The Morgan fingerprint density at radius 1 is 1.32 bits per heavy atom. The molecule has 1 aliphatic carbocycles. The van der Waals surface area contributed by atoms with Crippen molar-refractivity contribution in [1.82, 2.24) is 15.0 Å². The largest absolute Gasteiger partial charge is 0.490 e. The summed E-state index contributed by atoms with van der Waals surface area (Å²) < 4.78 is 11.1. The van der Waals surface area contributed by atoms with E-state index in [1.54, 1.807) is 0 Å². The summed E-state index contributed by atoms with van der Waals surface area (Å²) in [6.07, 6.45) is 2.64. The summed E-state index contributed by atoms with van der Waals surface area (Å²) in [6.45, 7) is 0. The number of hydrogen-bond donors (Lipinski definition) is 1. The second-order valence-electron chi connectivity index (χ2n) is 4.33. The van der Waals surface area contributed by atoms with Gasteiger partial charge in [0.2, 0.25) is 4.77 Å². The van der Waals surface area contributed by atoms with E-state index in [4.69, 9.17) is 21.7 Å². The van der Waals surface area contributed by atoms with E-state index in [-0.39, 0.29) is 4.77 Å². The van der Waals surface area contributed by atoms with Gasteiger partial charge in [0.15, 0.2) is 0 Å². The van der Waals surface area contributed by atoms with Crippen LogP contribution in [-0.4, -0.2) is 28.2 Å². The van der Waals surface area contributed by atoms with Gasteiger partial charge in [-0.1, -0.05) is 12.1 Å². The number of rotatable bonds is 4. The molecule has 1 aromatic heterocycles. The minimum Gasteiger partial charge on any atom is -0.490 e. The summed E-state index contributed by atoms with van der Waals surface area (Å²) in [4.78, 5) is 11.1. The van der Waals surface area contributed by atoms with Gasteiger partial charge in [0.1, 0.15) is 11.6 Å². The minimum atomic E-state index is 0.249. The Hall–Kier alpha value is -1.95. The van der Waals surface area contributed by atoms with Crippen LogP contribution in [0.15, 0.2) is 24.3 Å². The van der Waals surface area contributed by atoms with E-state index in [1.165, 1.54) is 7.11 Å². The summed E-state index contributed by atoms with van der Waals surface area (Å²) in [5.74, 6) is 1.47.